The average Bonchev–Trinajstić information content (AvgIpc) is 3.10. The molecule has 0 spiro atoms. The molecule has 2 N–H and O–H groups in total. The van der Waals surface area contributed by atoms with Gasteiger partial charge in [0.15, 0.2) is 0 Å². The Morgan fingerprint density at radius 1 is 0.696 bits per heavy atom. The number of nitrogens with one attached hydrogen (secondary N) is 1. The molecule has 5 rings (SSSR count). The van der Waals surface area contributed by atoms with Crippen LogP contribution in [-0.2, 0) is 22.7 Å². The molecule has 0 bridgehead atoms. The van der Waals surface area contributed by atoms with Crippen molar-refractivity contribution < 1.29 is 19.5 Å². The average molecular weight is 608 g/mol. The highest BCUT2D eigenvalue weighted by Crippen LogP contribution is 2.28. The van der Waals surface area contributed by atoms with Gasteiger partial charge in [-0.05, 0) is 64.1 Å². The quantitative estimate of drug-likeness (QED) is 0.161. The summed E-state index contributed by atoms with van der Waals surface area (Å²) in [6.45, 7) is 0.646. The summed E-state index contributed by atoms with van der Waals surface area (Å²) in [5, 5.41) is 21.7. The van der Waals surface area contributed by atoms with Gasteiger partial charge in [-0.15, -0.1) is 0 Å². The molecule has 46 heavy (non-hydrogen) atoms. The Hall–Kier alpha value is -6.00. The Morgan fingerprint density at radius 3 is 1.96 bits per heavy atom. The Labute approximate surface area is 268 Å². The van der Waals surface area contributed by atoms with Crippen LogP contribution in [0.4, 0.5) is 0 Å². The van der Waals surface area contributed by atoms with E-state index in [1.807, 2.05) is 78.9 Å². The number of hydrogen-bond acceptors (Lipinski definition) is 4. The first-order chi connectivity index (χ1) is 22.4. The first-order valence-electron chi connectivity index (χ1n) is 15.0. The molecule has 0 aromatic heterocycles. The molecule has 7 heteroatoms. The predicted octanol–water partition coefficient (Wildman–Crippen LogP) is 6.79. The molecule has 7 nitrogen and oxygen atoms in total. The Balaban J connectivity index is 1.24. The standard InChI is InChI=1S/C39H33N3O4/c40-25-29-9-7-10-30(23-29)27-42(38(44)39(45)46)26-28-17-19-31(20-18-28)34-15-8-16-35(24-34)37(43)41-22-21-36(32-11-3-1-4-12-32)33-13-5-2-6-14-33/h1-20,23-24,36H,21-22,26-27H2,(H,41,43)(H,45,46). The van der Waals surface area contributed by atoms with Crippen LogP contribution in [0, 0.1) is 11.3 Å². The van der Waals surface area contributed by atoms with E-state index in [1.54, 1.807) is 30.3 Å². The molecule has 0 radical (unpaired) electrons. The molecule has 5 aromatic rings. The molecule has 228 valence electrons. The van der Waals surface area contributed by atoms with Crippen molar-refractivity contribution in [2.24, 2.45) is 0 Å². The summed E-state index contributed by atoms with van der Waals surface area (Å²) in [6.07, 6.45) is 0.756. The number of carboxylic acid groups (broad SMARTS) is 1. The van der Waals surface area contributed by atoms with E-state index < -0.39 is 11.9 Å². The number of nitriles is 1. The first-order valence-corrected chi connectivity index (χ1v) is 15.0. The maximum atomic E-state index is 13.2. The van der Waals surface area contributed by atoms with Gasteiger partial charge in [0, 0.05) is 31.1 Å². The van der Waals surface area contributed by atoms with Crippen LogP contribution >= 0.6 is 0 Å². The number of amides is 2. The number of carbonyl (C=O) groups is 3. The maximum absolute atomic E-state index is 13.2. The summed E-state index contributed by atoms with van der Waals surface area (Å²) in [4.78, 5) is 38.4. The Bertz CT molecular complexity index is 1810. The second kappa shape index (κ2) is 15.1. The van der Waals surface area contributed by atoms with Gasteiger partial charge in [0.1, 0.15) is 0 Å². The summed E-state index contributed by atoms with van der Waals surface area (Å²) in [6, 6.07) is 44.2. The van der Waals surface area contributed by atoms with Crippen LogP contribution in [0.5, 0.6) is 0 Å². The number of rotatable bonds is 11. The van der Waals surface area contributed by atoms with Gasteiger partial charge in [-0.1, -0.05) is 109 Å². The van der Waals surface area contributed by atoms with Gasteiger partial charge in [0.05, 0.1) is 11.6 Å². The van der Waals surface area contributed by atoms with Crippen molar-refractivity contribution in [3.63, 3.8) is 0 Å². The summed E-state index contributed by atoms with van der Waals surface area (Å²) < 4.78 is 0. The van der Waals surface area contributed by atoms with Crippen molar-refractivity contribution in [1.29, 1.82) is 5.26 Å². The van der Waals surface area contributed by atoms with Gasteiger partial charge in [0.2, 0.25) is 0 Å². The first kappa shape index (κ1) is 31.4. The van der Waals surface area contributed by atoms with Crippen molar-refractivity contribution in [3.8, 4) is 17.2 Å². The van der Waals surface area contributed by atoms with E-state index in [4.69, 9.17) is 0 Å². The molecular formula is C39H33N3O4. The number of carboxylic acids is 1. The van der Waals surface area contributed by atoms with Gasteiger partial charge < -0.3 is 15.3 Å². The molecule has 0 heterocycles. The van der Waals surface area contributed by atoms with Gasteiger partial charge in [0.25, 0.3) is 5.91 Å². The van der Waals surface area contributed by atoms with Crippen LogP contribution in [0.2, 0.25) is 0 Å². The molecule has 0 aliphatic heterocycles. The maximum Gasteiger partial charge on any atom is 0.394 e. The van der Waals surface area contributed by atoms with Crippen LogP contribution in [-0.4, -0.2) is 34.3 Å². The van der Waals surface area contributed by atoms with Gasteiger partial charge in [-0.25, -0.2) is 4.79 Å². The number of carbonyl (C=O) groups excluding carboxylic acids is 2. The number of aliphatic carboxylic acids is 1. The third-order valence-corrected chi connectivity index (χ3v) is 7.81. The largest absolute Gasteiger partial charge is 0.474 e. The normalized spacial score (nSPS) is 10.6. The van der Waals surface area contributed by atoms with Crippen molar-refractivity contribution in [2.75, 3.05) is 6.54 Å². The minimum absolute atomic E-state index is 0.0526. The second-order valence-corrected chi connectivity index (χ2v) is 11.0. The van der Waals surface area contributed by atoms with E-state index in [1.165, 1.54) is 16.0 Å². The third kappa shape index (κ3) is 8.13. The lowest BCUT2D eigenvalue weighted by molar-refractivity contribution is -0.156. The summed E-state index contributed by atoms with van der Waals surface area (Å²) >= 11 is 0. The predicted molar refractivity (Wildman–Crippen MR) is 177 cm³/mol. The lowest BCUT2D eigenvalue weighted by atomic mass is 9.88. The summed E-state index contributed by atoms with van der Waals surface area (Å²) in [5.41, 5.74) is 6.54. The Kier molecular flexibility index (Phi) is 10.3. The number of nitrogens with zero attached hydrogens (tertiary/aromatic N) is 2. The molecule has 5 aromatic carbocycles. The summed E-state index contributed by atoms with van der Waals surface area (Å²) in [5.74, 6) is -2.55. The van der Waals surface area contributed by atoms with Crippen LogP contribution in [0.25, 0.3) is 11.1 Å². The minimum atomic E-state index is -1.54. The van der Waals surface area contributed by atoms with E-state index in [2.05, 4.69) is 35.7 Å². The molecule has 0 aliphatic rings. The molecular weight excluding hydrogens is 574 g/mol. The highest BCUT2D eigenvalue weighted by molar-refractivity contribution is 6.31. The highest BCUT2D eigenvalue weighted by atomic mass is 16.4. The van der Waals surface area contributed by atoms with Crippen LogP contribution in [0.15, 0.2) is 133 Å². The third-order valence-electron chi connectivity index (χ3n) is 7.81. The van der Waals surface area contributed by atoms with Crippen molar-refractivity contribution in [3.05, 3.63) is 167 Å². The topological polar surface area (TPSA) is 111 Å². The molecule has 0 aliphatic carbocycles. The van der Waals surface area contributed by atoms with Crippen molar-refractivity contribution in [2.45, 2.75) is 25.4 Å². The van der Waals surface area contributed by atoms with Crippen molar-refractivity contribution >= 4 is 17.8 Å². The lowest BCUT2D eigenvalue weighted by Gasteiger charge is -2.21. The molecule has 2 amide bonds. The SMILES string of the molecule is N#Cc1cccc(CN(Cc2ccc(-c3cccc(C(=O)NCCC(c4ccccc4)c4ccccc4)c3)cc2)C(=O)C(=O)O)c1. The molecule has 0 saturated carbocycles. The van der Waals surface area contributed by atoms with E-state index in [0.717, 1.165) is 23.1 Å². The van der Waals surface area contributed by atoms with Crippen molar-refractivity contribution in [1.82, 2.24) is 10.2 Å². The van der Waals surface area contributed by atoms with Gasteiger partial charge in [-0.2, -0.15) is 5.26 Å². The second-order valence-electron chi connectivity index (χ2n) is 11.0. The van der Waals surface area contributed by atoms with E-state index in [0.29, 0.717) is 23.2 Å². The molecule has 0 unspecified atom stereocenters. The van der Waals surface area contributed by atoms with Gasteiger partial charge in [-0.3, -0.25) is 9.59 Å². The van der Waals surface area contributed by atoms with Crippen LogP contribution in [0.1, 0.15) is 50.5 Å². The Morgan fingerprint density at radius 2 is 1.33 bits per heavy atom. The summed E-state index contributed by atoms with van der Waals surface area (Å²) in [7, 11) is 0. The molecule has 0 atom stereocenters. The minimum Gasteiger partial charge on any atom is -0.474 e. The van der Waals surface area contributed by atoms with Gasteiger partial charge >= 0.3 is 11.9 Å². The zero-order valence-electron chi connectivity index (χ0n) is 25.2. The highest BCUT2D eigenvalue weighted by Gasteiger charge is 2.22. The van der Waals surface area contributed by atoms with E-state index >= 15 is 0 Å². The van der Waals surface area contributed by atoms with Crippen LogP contribution in [0.3, 0.4) is 0 Å². The zero-order valence-corrected chi connectivity index (χ0v) is 25.2. The smallest absolute Gasteiger partial charge is 0.394 e. The van der Waals surface area contributed by atoms with E-state index in [-0.39, 0.29) is 24.9 Å². The van der Waals surface area contributed by atoms with E-state index in [9.17, 15) is 24.8 Å². The van der Waals surface area contributed by atoms with Crippen LogP contribution < -0.4 is 5.32 Å². The lowest BCUT2D eigenvalue weighted by Crippen LogP contribution is -2.35. The fourth-order valence-corrected chi connectivity index (χ4v) is 5.49. The fraction of sp³-hybridized carbons (Fsp3) is 0.128. The number of benzene rings is 5. The monoisotopic (exact) mass is 607 g/mol. The number of hydrogen-bond donors (Lipinski definition) is 2. The zero-order chi connectivity index (χ0) is 32.3. The molecule has 0 fully saturated rings. The fourth-order valence-electron chi connectivity index (χ4n) is 5.49. The molecule has 0 saturated heterocycles.